The van der Waals surface area contributed by atoms with E-state index in [2.05, 4.69) is 27.7 Å². The molecule has 62 valence electrons. The third-order valence-electron chi connectivity index (χ3n) is 1.81. The number of nitrogens with two attached hydrogens (primary N) is 1. The molecule has 2 aromatic rings. The molecule has 0 aliphatic rings. The Kier molecular flexibility index (Phi) is 1.71. The van der Waals surface area contributed by atoms with Gasteiger partial charge >= 0.3 is 0 Å². The fraction of sp³-hybridized carbons (Fsp3) is 0.125. The van der Waals surface area contributed by atoms with E-state index in [-0.39, 0.29) is 0 Å². The Morgan fingerprint density at radius 3 is 2.92 bits per heavy atom. The molecule has 1 aromatic carbocycles. The van der Waals surface area contributed by atoms with E-state index in [4.69, 9.17) is 10.3 Å². The van der Waals surface area contributed by atoms with Crippen LogP contribution >= 0.6 is 22.6 Å². The van der Waals surface area contributed by atoms with Gasteiger partial charge in [-0.2, -0.15) is 0 Å². The van der Waals surface area contributed by atoms with Gasteiger partial charge in [0, 0.05) is 0 Å². The molecule has 0 fully saturated rings. The highest BCUT2D eigenvalue weighted by Gasteiger charge is 2.09. The maximum atomic E-state index is 5.64. The molecule has 0 aliphatic heterocycles. The van der Waals surface area contributed by atoms with Gasteiger partial charge in [-0.25, -0.2) is 0 Å². The van der Waals surface area contributed by atoms with Crippen LogP contribution < -0.4 is 5.73 Å². The summed E-state index contributed by atoms with van der Waals surface area (Å²) in [7, 11) is 0. The van der Waals surface area contributed by atoms with E-state index in [0.29, 0.717) is 5.82 Å². The molecule has 2 rings (SSSR count). The SMILES string of the molecule is Cc1ccc(I)c2onc(N)c12. The van der Waals surface area contributed by atoms with Gasteiger partial charge in [0.1, 0.15) is 0 Å². The number of fused-ring (bicyclic) bond motifs is 1. The van der Waals surface area contributed by atoms with Gasteiger partial charge in [0.15, 0.2) is 11.4 Å². The Morgan fingerprint density at radius 2 is 2.25 bits per heavy atom. The van der Waals surface area contributed by atoms with Crippen LogP contribution in [-0.4, -0.2) is 5.16 Å². The summed E-state index contributed by atoms with van der Waals surface area (Å²) < 4.78 is 6.12. The number of rotatable bonds is 0. The number of hydrogen-bond acceptors (Lipinski definition) is 3. The fourth-order valence-electron chi connectivity index (χ4n) is 1.20. The highest BCUT2D eigenvalue weighted by Crippen LogP contribution is 2.27. The van der Waals surface area contributed by atoms with Crippen LogP contribution in [0.4, 0.5) is 5.82 Å². The zero-order valence-electron chi connectivity index (χ0n) is 6.47. The maximum absolute atomic E-state index is 5.64. The fourth-order valence-corrected chi connectivity index (χ4v) is 1.75. The summed E-state index contributed by atoms with van der Waals surface area (Å²) in [6.45, 7) is 1.99. The first-order valence-corrected chi connectivity index (χ1v) is 4.58. The van der Waals surface area contributed by atoms with Crippen molar-refractivity contribution in [3.8, 4) is 0 Å². The molecule has 0 aliphatic carbocycles. The number of nitrogens with zero attached hydrogens (tertiary/aromatic N) is 1. The van der Waals surface area contributed by atoms with Crippen LogP contribution in [0.25, 0.3) is 11.0 Å². The first-order chi connectivity index (χ1) is 5.70. The van der Waals surface area contributed by atoms with E-state index >= 15 is 0 Å². The molecule has 4 heteroatoms. The molecule has 0 saturated heterocycles. The summed E-state index contributed by atoms with van der Waals surface area (Å²) in [5, 5.41) is 4.65. The summed E-state index contributed by atoms with van der Waals surface area (Å²) >= 11 is 2.20. The molecule has 12 heavy (non-hydrogen) atoms. The largest absolute Gasteiger partial charge is 0.380 e. The highest BCUT2D eigenvalue weighted by atomic mass is 127. The Bertz CT molecular complexity index is 436. The van der Waals surface area contributed by atoms with Gasteiger partial charge in [-0.3, -0.25) is 0 Å². The van der Waals surface area contributed by atoms with Crippen LogP contribution in [-0.2, 0) is 0 Å². The lowest BCUT2D eigenvalue weighted by Gasteiger charge is -1.95. The quantitative estimate of drug-likeness (QED) is 0.750. The predicted molar refractivity (Wildman–Crippen MR) is 55.9 cm³/mol. The van der Waals surface area contributed by atoms with Gasteiger partial charge < -0.3 is 10.3 Å². The number of aryl methyl sites for hydroxylation is 1. The number of hydrogen-bond donors (Lipinski definition) is 1. The maximum Gasteiger partial charge on any atom is 0.182 e. The van der Waals surface area contributed by atoms with Crippen molar-refractivity contribution in [3.63, 3.8) is 0 Å². The Hall–Kier alpha value is -0.780. The van der Waals surface area contributed by atoms with E-state index in [1.54, 1.807) is 0 Å². The van der Waals surface area contributed by atoms with Crippen molar-refractivity contribution in [1.29, 1.82) is 0 Å². The lowest BCUT2D eigenvalue weighted by Crippen LogP contribution is -1.86. The van der Waals surface area contributed by atoms with Crippen molar-refractivity contribution in [3.05, 3.63) is 21.3 Å². The molecule has 2 N–H and O–H groups in total. The van der Waals surface area contributed by atoms with E-state index < -0.39 is 0 Å². The minimum Gasteiger partial charge on any atom is -0.380 e. The molecule has 1 heterocycles. The summed E-state index contributed by atoms with van der Waals surface area (Å²) in [6.07, 6.45) is 0. The minimum atomic E-state index is 0.473. The standard InChI is InChI=1S/C8H7IN2O/c1-4-2-3-5(9)7-6(4)8(10)11-12-7/h2-3H,1H3,(H2,10,11). The molecule has 0 atom stereocenters. The molecule has 1 aromatic heterocycles. The van der Waals surface area contributed by atoms with Gasteiger partial charge in [-0.15, -0.1) is 0 Å². The average Bonchev–Trinajstić information content (AvgIpc) is 2.42. The van der Waals surface area contributed by atoms with Crippen molar-refractivity contribution in [2.75, 3.05) is 5.73 Å². The van der Waals surface area contributed by atoms with E-state index in [1.807, 2.05) is 19.1 Å². The van der Waals surface area contributed by atoms with Crippen LogP contribution in [0, 0.1) is 10.5 Å². The normalized spacial score (nSPS) is 10.8. The van der Waals surface area contributed by atoms with Crippen LogP contribution in [0.3, 0.4) is 0 Å². The summed E-state index contributed by atoms with van der Waals surface area (Å²) in [4.78, 5) is 0. The van der Waals surface area contributed by atoms with Gasteiger partial charge in [0.05, 0.1) is 8.96 Å². The van der Waals surface area contributed by atoms with E-state index in [0.717, 1.165) is 20.1 Å². The van der Waals surface area contributed by atoms with Crippen molar-refractivity contribution in [2.24, 2.45) is 0 Å². The monoisotopic (exact) mass is 274 g/mol. The van der Waals surface area contributed by atoms with Gasteiger partial charge in [-0.05, 0) is 41.1 Å². The molecular weight excluding hydrogens is 267 g/mol. The molecule has 0 bridgehead atoms. The topological polar surface area (TPSA) is 52.0 Å². The molecule has 0 amide bonds. The van der Waals surface area contributed by atoms with Crippen molar-refractivity contribution < 1.29 is 4.52 Å². The predicted octanol–water partition coefficient (Wildman–Crippen LogP) is 2.32. The molecule has 0 radical (unpaired) electrons. The molecule has 0 saturated carbocycles. The smallest absolute Gasteiger partial charge is 0.182 e. The molecular formula is C8H7IN2O. The number of halogens is 1. The number of nitrogen functional groups attached to an aromatic ring is 1. The second-order valence-electron chi connectivity index (χ2n) is 2.64. The van der Waals surface area contributed by atoms with Crippen molar-refractivity contribution >= 4 is 39.4 Å². The summed E-state index contributed by atoms with van der Waals surface area (Å²) in [5.74, 6) is 0.473. The van der Waals surface area contributed by atoms with Crippen LogP contribution in [0.15, 0.2) is 16.7 Å². The number of anilines is 1. The molecule has 0 unspecified atom stereocenters. The minimum absolute atomic E-state index is 0.473. The van der Waals surface area contributed by atoms with Crippen LogP contribution in [0.5, 0.6) is 0 Å². The second-order valence-corrected chi connectivity index (χ2v) is 3.80. The Labute approximate surface area is 83.0 Å². The number of aromatic nitrogens is 1. The van der Waals surface area contributed by atoms with Gasteiger partial charge in [-0.1, -0.05) is 11.2 Å². The number of benzene rings is 1. The Morgan fingerprint density at radius 1 is 1.50 bits per heavy atom. The van der Waals surface area contributed by atoms with Crippen LogP contribution in [0.1, 0.15) is 5.56 Å². The van der Waals surface area contributed by atoms with Gasteiger partial charge in [0.25, 0.3) is 0 Å². The molecule has 0 spiro atoms. The zero-order chi connectivity index (χ0) is 8.72. The average molecular weight is 274 g/mol. The first-order valence-electron chi connectivity index (χ1n) is 3.50. The molecule has 3 nitrogen and oxygen atoms in total. The lowest BCUT2D eigenvalue weighted by molar-refractivity contribution is 0.459. The van der Waals surface area contributed by atoms with E-state index in [9.17, 15) is 0 Å². The summed E-state index contributed by atoms with van der Waals surface area (Å²) in [6, 6.07) is 4.00. The lowest BCUT2D eigenvalue weighted by atomic mass is 10.1. The Balaban J connectivity index is 2.98. The van der Waals surface area contributed by atoms with Crippen molar-refractivity contribution in [1.82, 2.24) is 5.16 Å². The van der Waals surface area contributed by atoms with Gasteiger partial charge in [0.2, 0.25) is 0 Å². The summed E-state index contributed by atoms with van der Waals surface area (Å²) in [5.41, 5.74) is 7.52. The first kappa shape index (κ1) is 7.85. The third kappa shape index (κ3) is 0.979. The highest BCUT2D eigenvalue weighted by molar-refractivity contribution is 14.1. The second kappa shape index (κ2) is 2.62. The van der Waals surface area contributed by atoms with Crippen LogP contribution in [0.2, 0.25) is 0 Å². The van der Waals surface area contributed by atoms with Crippen molar-refractivity contribution in [2.45, 2.75) is 6.92 Å². The zero-order valence-corrected chi connectivity index (χ0v) is 8.62. The third-order valence-corrected chi connectivity index (χ3v) is 2.66. The van der Waals surface area contributed by atoms with E-state index in [1.165, 1.54) is 0 Å².